The summed E-state index contributed by atoms with van der Waals surface area (Å²) >= 11 is 0. The number of benzene rings is 4. The molecule has 7 heteroatoms. The van der Waals surface area contributed by atoms with Gasteiger partial charge in [0.1, 0.15) is 11.5 Å². The molecule has 1 saturated heterocycles. The monoisotopic (exact) mass is 523 g/mol. The van der Waals surface area contributed by atoms with E-state index in [0.717, 1.165) is 33.8 Å². The number of rotatable bonds is 5. The van der Waals surface area contributed by atoms with Crippen LogP contribution in [0.1, 0.15) is 34.3 Å². The molecule has 2 aliphatic rings. The highest BCUT2D eigenvalue weighted by atomic mass is 31.2. The lowest BCUT2D eigenvalue weighted by Crippen LogP contribution is -2.32. The van der Waals surface area contributed by atoms with Crippen LogP contribution in [-0.2, 0) is 13.1 Å². The highest BCUT2D eigenvalue weighted by molar-refractivity contribution is 7.45. The Morgan fingerprint density at radius 2 is 1.03 bits per heavy atom. The third-order valence-electron chi connectivity index (χ3n) is 7.01. The molecule has 2 amide bonds. The molecule has 38 heavy (non-hydrogen) atoms. The maximum Gasteiger partial charge on any atom is 0.384 e. The normalized spacial score (nSPS) is 19.0. The highest BCUT2D eigenvalue weighted by Crippen LogP contribution is 2.55. The molecule has 0 aromatic heterocycles. The fraction of sp³-hybridized carbons (Fsp3) is 0.194. The van der Waals surface area contributed by atoms with Gasteiger partial charge in [0.15, 0.2) is 0 Å². The summed E-state index contributed by atoms with van der Waals surface area (Å²) in [6.45, 7) is 0.984. The van der Waals surface area contributed by atoms with E-state index < -0.39 is 8.53 Å². The fourth-order valence-corrected chi connectivity index (χ4v) is 6.31. The average molecular weight is 524 g/mol. The molecule has 0 spiro atoms. The van der Waals surface area contributed by atoms with Gasteiger partial charge in [0.25, 0.3) is 0 Å². The van der Waals surface area contributed by atoms with E-state index in [-0.39, 0.29) is 18.1 Å². The molecule has 6 rings (SSSR count). The Hall–Kier alpha value is -3.86. The quantitative estimate of drug-likeness (QED) is 0.260. The molecular formula is C31H30N3O3P. The Labute approximate surface area is 225 Å². The lowest BCUT2D eigenvalue weighted by molar-refractivity contribution is 0.180. The van der Waals surface area contributed by atoms with Crippen LogP contribution in [0.3, 0.4) is 0 Å². The van der Waals surface area contributed by atoms with Gasteiger partial charge in [-0.05, 0) is 37.4 Å². The molecule has 0 saturated carbocycles. The van der Waals surface area contributed by atoms with Crippen molar-refractivity contribution in [1.82, 2.24) is 14.5 Å². The van der Waals surface area contributed by atoms with Crippen molar-refractivity contribution in [3.63, 3.8) is 0 Å². The fourth-order valence-electron chi connectivity index (χ4n) is 5.28. The zero-order chi connectivity index (χ0) is 26.1. The number of fused-ring (bicyclic) bond motifs is 5. The standard InChI is InChI=1S/C31H30N3O3P/c1-32(2)38-36-27-19-11-9-17-25(27)29-30(26-18-10-12-20-28(26)37-38)34(22-24-15-7-4-8-16-24)31(35)33(29)21-23-13-5-3-6-14-23/h3-20,29-30H,21-22H2,1-2H3/t29-,30-/m1/s1. The molecule has 2 aliphatic heterocycles. The largest absolute Gasteiger partial charge is 0.427 e. The zero-order valence-corrected chi connectivity index (χ0v) is 22.4. The smallest absolute Gasteiger partial charge is 0.384 e. The van der Waals surface area contributed by atoms with Gasteiger partial charge in [-0.2, -0.15) is 0 Å². The Kier molecular flexibility index (Phi) is 6.75. The Bertz CT molecular complexity index is 1310. The van der Waals surface area contributed by atoms with Crippen LogP contribution in [0.5, 0.6) is 11.5 Å². The third-order valence-corrected chi connectivity index (χ3v) is 8.37. The lowest BCUT2D eigenvalue weighted by Gasteiger charge is -2.29. The van der Waals surface area contributed by atoms with Gasteiger partial charge in [-0.1, -0.05) is 97.1 Å². The number of para-hydroxylation sites is 2. The first-order chi connectivity index (χ1) is 18.6. The van der Waals surface area contributed by atoms with Crippen molar-refractivity contribution in [2.75, 3.05) is 14.1 Å². The SMILES string of the molecule is CN(C)P1Oc2ccccc2[C@@H]2[C@@H](c3ccccc3O1)N(Cc1ccccc1)C(=O)N2Cc1ccccc1. The second-order valence-electron chi connectivity index (χ2n) is 9.74. The maximum atomic E-state index is 14.3. The van der Waals surface area contributed by atoms with Crippen molar-refractivity contribution in [2.45, 2.75) is 25.2 Å². The third kappa shape index (κ3) is 4.62. The van der Waals surface area contributed by atoms with Crippen LogP contribution < -0.4 is 9.05 Å². The molecule has 4 aromatic rings. The summed E-state index contributed by atoms with van der Waals surface area (Å²) in [7, 11) is 2.51. The van der Waals surface area contributed by atoms with Crippen molar-refractivity contribution in [3.05, 3.63) is 131 Å². The molecule has 0 radical (unpaired) electrons. The molecule has 4 aromatic carbocycles. The van der Waals surface area contributed by atoms with Gasteiger partial charge < -0.3 is 18.8 Å². The topological polar surface area (TPSA) is 45.3 Å². The summed E-state index contributed by atoms with van der Waals surface area (Å²) in [6.07, 6.45) is 0. The van der Waals surface area contributed by atoms with Gasteiger partial charge >= 0.3 is 14.6 Å². The van der Waals surface area contributed by atoms with Crippen molar-refractivity contribution in [3.8, 4) is 11.5 Å². The van der Waals surface area contributed by atoms with Gasteiger partial charge in [-0.15, -0.1) is 0 Å². The first-order valence-corrected chi connectivity index (χ1v) is 13.9. The zero-order valence-electron chi connectivity index (χ0n) is 21.5. The minimum atomic E-state index is -1.41. The molecule has 0 N–H and O–H groups in total. The Morgan fingerprint density at radius 1 is 0.632 bits per heavy atom. The molecule has 2 heterocycles. The van der Waals surface area contributed by atoms with E-state index in [1.807, 2.05) is 101 Å². The summed E-state index contributed by atoms with van der Waals surface area (Å²) in [5.41, 5.74) is 4.12. The summed E-state index contributed by atoms with van der Waals surface area (Å²) in [6, 6.07) is 35.9. The number of carbonyl (C=O) groups is 1. The highest BCUT2D eigenvalue weighted by Gasteiger charge is 2.50. The maximum absolute atomic E-state index is 14.3. The van der Waals surface area contributed by atoms with Gasteiger partial charge in [-0.3, -0.25) is 0 Å². The van der Waals surface area contributed by atoms with Crippen LogP contribution >= 0.6 is 8.53 Å². The summed E-state index contributed by atoms with van der Waals surface area (Å²) in [5, 5.41) is 0. The Morgan fingerprint density at radius 3 is 1.45 bits per heavy atom. The van der Waals surface area contributed by atoms with E-state index in [4.69, 9.17) is 9.05 Å². The van der Waals surface area contributed by atoms with Crippen LogP contribution in [0.15, 0.2) is 109 Å². The summed E-state index contributed by atoms with van der Waals surface area (Å²) < 4.78 is 15.1. The van der Waals surface area contributed by atoms with Gasteiger partial charge in [0.05, 0.1) is 12.1 Å². The van der Waals surface area contributed by atoms with Crippen LogP contribution in [-0.4, -0.2) is 34.6 Å². The molecule has 1 fully saturated rings. The second kappa shape index (κ2) is 10.5. The van der Waals surface area contributed by atoms with Crippen LogP contribution in [0.2, 0.25) is 0 Å². The summed E-state index contributed by atoms with van der Waals surface area (Å²) in [5.74, 6) is 1.48. The predicted octanol–water partition coefficient (Wildman–Crippen LogP) is 7.17. The van der Waals surface area contributed by atoms with E-state index in [9.17, 15) is 4.79 Å². The molecule has 0 aliphatic carbocycles. The minimum absolute atomic E-state index is 0.00670. The number of nitrogens with zero attached hydrogens (tertiary/aromatic N) is 3. The number of carbonyl (C=O) groups excluding carboxylic acids is 1. The van der Waals surface area contributed by atoms with Gasteiger partial charge in [0.2, 0.25) is 0 Å². The first-order valence-electron chi connectivity index (χ1n) is 12.8. The lowest BCUT2D eigenvalue weighted by atomic mass is 9.91. The van der Waals surface area contributed by atoms with Crippen LogP contribution in [0.4, 0.5) is 4.79 Å². The second-order valence-corrected chi connectivity index (χ2v) is 11.4. The van der Waals surface area contributed by atoms with E-state index in [0.29, 0.717) is 13.1 Å². The van der Waals surface area contributed by atoms with E-state index in [2.05, 4.69) is 36.4 Å². The van der Waals surface area contributed by atoms with Gasteiger partial charge in [0, 0.05) is 24.2 Å². The van der Waals surface area contributed by atoms with E-state index >= 15 is 0 Å². The molecule has 192 valence electrons. The first kappa shape index (κ1) is 24.5. The van der Waals surface area contributed by atoms with E-state index in [1.165, 1.54) is 0 Å². The molecular weight excluding hydrogens is 493 g/mol. The predicted molar refractivity (Wildman–Crippen MR) is 150 cm³/mol. The number of hydrogen-bond acceptors (Lipinski definition) is 4. The number of amides is 2. The molecule has 0 bridgehead atoms. The van der Waals surface area contributed by atoms with E-state index in [1.54, 1.807) is 0 Å². The average Bonchev–Trinajstić information content (AvgIpc) is 3.23. The van der Waals surface area contributed by atoms with Crippen LogP contribution in [0.25, 0.3) is 0 Å². The van der Waals surface area contributed by atoms with Crippen LogP contribution in [0, 0.1) is 0 Å². The number of hydrogen-bond donors (Lipinski definition) is 0. The minimum Gasteiger partial charge on any atom is -0.427 e. The summed E-state index contributed by atoms with van der Waals surface area (Å²) in [4.78, 5) is 18.3. The van der Waals surface area contributed by atoms with Gasteiger partial charge in [-0.25, -0.2) is 9.46 Å². The van der Waals surface area contributed by atoms with Crippen molar-refractivity contribution < 1.29 is 13.8 Å². The molecule has 2 atom stereocenters. The number of urea groups is 1. The molecule has 6 nitrogen and oxygen atoms in total. The van der Waals surface area contributed by atoms with Crippen molar-refractivity contribution >= 4 is 14.6 Å². The molecule has 0 unspecified atom stereocenters. The Balaban J connectivity index is 1.56. The van der Waals surface area contributed by atoms with Crippen molar-refractivity contribution in [1.29, 1.82) is 0 Å². The van der Waals surface area contributed by atoms with Crippen molar-refractivity contribution in [2.24, 2.45) is 0 Å².